The largest absolute Gasteiger partial charge is 0.478 e. The van der Waals surface area contributed by atoms with Crippen LogP contribution in [0.5, 0.6) is 0 Å². The third-order valence-electron chi connectivity index (χ3n) is 3.10. The van der Waals surface area contributed by atoms with Crippen LogP contribution in [0.4, 0.5) is 5.69 Å². The average molecular weight is 286 g/mol. The lowest BCUT2D eigenvalue weighted by Gasteiger charge is -2.11. The fraction of sp³-hybridized carbons (Fsp3) is 0.250. The first kappa shape index (κ1) is 15.0. The molecule has 0 aromatic heterocycles. The summed E-state index contributed by atoms with van der Waals surface area (Å²) in [6.45, 7) is 2.92. The number of carboxylic acid groups (broad SMARTS) is 1. The van der Waals surface area contributed by atoms with Crippen LogP contribution in [0, 0.1) is 0 Å². The van der Waals surface area contributed by atoms with Gasteiger partial charge in [0.15, 0.2) is 0 Å². The quantitative estimate of drug-likeness (QED) is 0.713. The molecule has 1 amide bonds. The molecule has 0 radical (unpaired) electrons. The Bertz CT molecular complexity index is 668. The summed E-state index contributed by atoms with van der Waals surface area (Å²) in [5.74, 6) is -1.31. The predicted octanol–water partition coefficient (Wildman–Crippen LogP) is 2.48. The molecule has 2 rings (SSSR count). The predicted molar refractivity (Wildman–Crippen MR) is 82.7 cm³/mol. The first-order valence-corrected chi connectivity index (χ1v) is 6.88. The van der Waals surface area contributed by atoms with Gasteiger partial charge in [-0.05, 0) is 35.9 Å². The molecule has 21 heavy (non-hydrogen) atoms. The number of fused-ring (bicyclic) bond motifs is 1. The highest BCUT2D eigenvalue weighted by atomic mass is 16.4. The number of carboxylic acids is 1. The number of amides is 1. The molecule has 0 atom stereocenters. The second-order valence-electron chi connectivity index (χ2n) is 4.78. The van der Waals surface area contributed by atoms with E-state index in [0.717, 1.165) is 23.7 Å². The maximum Gasteiger partial charge on any atom is 0.337 e. The summed E-state index contributed by atoms with van der Waals surface area (Å²) in [7, 11) is 0. The Morgan fingerprint density at radius 1 is 1.14 bits per heavy atom. The molecular weight excluding hydrogens is 268 g/mol. The molecule has 0 aliphatic heterocycles. The minimum atomic E-state index is -1.06. The molecule has 0 fully saturated rings. The Morgan fingerprint density at radius 3 is 2.43 bits per heavy atom. The molecule has 2 aromatic carbocycles. The Balaban J connectivity index is 2.26. The average Bonchev–Trinajstić information content (AvgIpc) is 2.46. The maximum absolute atomic E-state index is 11.8. The fourth-order valence-electron chi connectivity index (χ4n) is 2.09. The number of carbonyl (C=O) groups excluding carboxylic acids is 1. The van der Waals surface area contributed by atoms with Gasteiger partial charge in [-0.1, -0.05) is 31.2 Å². The second-order valence-corrected chi connectivity index (χ2v) is 4.78. The fourth-order valence-corrected chi connectivity index (χ4v) is 2.09. The van der Waals surface area contributed by atoms with Gasteiger partial charge in [0.25, 0.3) is 0 Å². The third-order valence-corrected chi connectivity index (χ3v) is 3.10. The number of aromatic carboxylic acids is 1. The Labute approximate surface area is 123 Å². The first-order chi connectivity index (χ1) is 10.1. The van der Waals surface area contributed by atoms with Crippen LogP contribution in [0.1, 0.15) is 23.7 Å². The Hall–Kier alpha value is -2.40. The van der Waals surface area contributed by atoms with E-state index >= 15 is 0 Å². The third kappa shape index (κ3) is 3.79. The van der Waals surface area contributed by atoms with Crippen molar-refractivity contribution in [3.8, 4) is 0 Å². The minimum absolute atomic E-state index is 0.0949. The van der Waals surface area contributed by atoms with E-state index in [0.29, 0.717) is 5.69 Å². The molecule has 0 spiro atoms. The molecule has 0 aliphatic rings. The van der Waals surface area contributed by atoms with E-state index in [-0.39, 0.29) is 18.0 Å². The van der Waals surface area contributed by atoms with Crippen molar-refractivity contribution in [2.45, 2.75) is 13.3 Å². The van der Waals surface area contributed by atoms with Crippen LogP contribution in [0.3, 0.4) is 0 Å². The zero-order valence-electron chi connectivity index (χ0n) is 11.8. The van der Waals surface area contributed by atoms with Crippen molar-refractivity contribution in [1.29, 1.82) is 0 Å². The lowest BCUT2D eigenvalue weighted by Crippen LogP contribution is -2.29. The molecule has 5 heteroatoms. The molecule has 0 aliphatic carbocycles. The number of carbonyl (C=O) groups is 2. The summed E-state index contributed by atoms with van der Waals surface area (Å²) >= 11 is 0. The Kier molecular flexibility index (Phi) is 4.90. The summed E-state index contributed by atoms with van der Waals surface area (Å²) < 4.78 is 0. The molecule has 110 valence electrons. The van der Waals surface area contributed by atoms with Gasteiger partial charge in [-0.2, -0.15) is 0 Å². The highest BCUT2D eigenvalue weighted by molar-refractivity contribution is 6.05. The van der Waals surface area contributed by atoms with Gasteiger partial charge < -0.3 is 15.7 Å². The van der Waals surface area contributed by atoms with Crippen molar-refractivity contribution in [1.82, 2.24) is 5.32 Å². The van der Waals surface area contributed by atoms with Crippen LogP contribution in [0.25, 0.3) is 10.8 Å². The second kappa shape index (κ2) is 6.85. The number of hydrogen-bond acceptors (Lipinski definition) is 3. The topological polar surface area (TPSA) is 78.4 Å². The van der Waals surface area contributed by atoms with Crippen LogP contribution in [-0.2, 0) is 4.79 Å². The summed E-state index contributed by atoms with van der Waals surface area (Å²) in [5.41, 5.74) is 0.419. The van der Waals surface area contributed by atoms with Gasteiger partial charge in [0.05, 0.1) is 17.8 Å². The van der Waals surface area contributed by atoms with Gasteiger partial charge in [-0.25, -0.2) is 4.79 Å². The van der Waals surface area contributed by atoms with Crippen LogP contribution >= 0.6 is 0 Å². The van der Waals surface area contributed by atoms with Crippen molar-refractivity contribution in [2.24, 2.45) is 0 Å². The summed E-state index contributed by atoms with van der Waals surface area (Å²) in [6, 6.07) is 10.7. The monoisotopic (exact) mass is 286 g/mol. The van der Waals surface area contributed by atoms with Gasteiger partial charge in [0.2, 0.25) is 5.91 Å². The van der Waals surface area contributed by atoms with Crippen molar-refractivity contribution in [3.05, 3.63) is 42.0 Å². The summed E-state index contributed by atoms with van der Waals surface area (Å²) in [4.78, 5) is 23.2. The van der Waals surface area contributed by atoms with Gasteiger partial charge in [0, 0.05) is 0 Å². The molecule has 0 heterocycles. The highest BCUT2D eigenvalue weighted by Crippen LogP contribution is 2.24. The molecule has 3 N–H and O–H groups in total. The van der Waals surface area contributed by atoms with Crippen molar-refractivity contribution in [3.63, 3.8) is 0 Å². The molecule has 5 nitrogen and oxygen atoms in total. The van der Waals surface area contributed by atoms with E-state index in [1.807, 2.05) is 31.2 Å². The lowest BCUT2D eigenvalue weighted by atomic mass is 10.0. The van der Waals surface area contributed by atoms with Crippen LogP contribution in [0.15, 0.2) is 36.4 Å². The molecule has 0 unspecified atom stereocenters. The van der Waals surface area contributed by atoms with Crippen LogP contribution in [-0.4, -0.2) is 30.1 Å². The van der Waals surface area contributed by atoms with E-state index < -0.39 is 5.97 Å². The summed E-state index contributed by atoms with van der Waals surface area (Å²) in [5, 5.41) is 16.6. The van der Waals surface area contributed by atoms with Crippen molar-refractivity contribution >= 4 is 28.3 Å². The minimum Gasteiger partial charge on any atom is -0.478 e. The number of hydrogen-bond donors (Lipinski definition) is 3. The van der Waals surface area contributed by atoms with E-state index in [2.05, 4.69) is 10.6 Å². The van der Waals surface area contributed by atoms with E-state index in [1.165, 1.54) is 0 Å². The molecule has 0 saturated heterocycles. The van der Waals surface area contributed by atoms with Crippen LogP contribution in [0.2, 0.25) is 0 Å². The number of nitrogens with one attached hydrogen (secondary N) is 2. The van der Waals surface area contributed by atoms with Gasteiger partial charge in [-0.3, -0.25) is 4.79 Å². The van der Waals surface area contributed by atoms with Crippen LogP contribution < -0.4 is 10.6 Å². The zero-order chi connectivity index (χ0) is 15.2. The Morgan fingerprint density at radius 2 is 1.81 bits per heavy atom. The van der Waals surface area contributed by atoms with E-state index in [1.54, 1.807) is 12.1 Å². The van der Waals surface area contributed by atoms with Crippen molar-refractivity contribution < 1.29 is 14.7 Å². The lowest BCUT2D eigenvalue weighted by molar-refractivity contribution is -0.115. The highest BCUT2D eigenvalue weighted by Gasteiger charge is 2.13. The number of benzene rings is 2. The van der Waals surface area contributed by atoms with Gasteiger partial charge in [0.1, 0.15) is 0 Å². The molecular formula is C16H18N2O3. The van der Waals surface area contributed by atoms with Crippen molar-refractivity contribution in [2.75, 3.05) is 18.4 Å². The smallest absolute Gasteiger partial charge is 0.337 e. The summed E-state index contributed by atoms with van der Waals surface area (Å²) in [6.07, 6.45) is 0.934. The molecule has 0 saturated carbocycles. The number of anilines is 1. The normalized spacial score (nSPS) is 10.5. The molecule has 0 bridgehead atoms. The van der Waals surface area contributed by atoms with Gasteiger partial charge >= 0.3 is 5.97 Å². The van der Waals surface area contributed by atoms with E-state index in [4.69, 9.17) is 0 Å². The zero-order valence-corrected chi connectivity index (χ0v) is 11.8. The van der Waals surface area contributed by atoms with Gasteiger partial charge in [-0.15, -0.1) is 0 Å². The SMILES string of the molecule is CCCNCC(=O)Nc1cc2ccccc2cc1C(=O)O. The maximum atomic E-state index is 11.8. The standard InChI is InChI=1S/C16H18N2O3/c1-2-7-17-10-15(19)18-14-9-12-6-4-3-5-11(12)8-13(14)16(20)21/h3-6,8-9,17H,2,7,10H2,1H3,(H,18,19)(H,20,21). The van der Waals surface area contributed by atoms with E-state index in [9.17, 15) is 14.7 Å². The first-order valence-electron chi connectivity index (χ1n) is 6.88. The number of rotatable bonds is 6. The molecule has 2 aromatic rings.